The monoisotopic (exact) mass is 291 g/mol. The van der Waals surface area contributed by atoms with Crippen LogP contribution in [-0.4, -0.2) is 5.11 Å². The maximum Gasteiger partial charge on any atom is 0.115 e. The van der Waals surface area contributed by atoms with Crippen molar-refractivity contribution in [2.75, 3.05) is 0 Å². The fourth-order valence-corrected chi connectivity index (χ4v) is 1.83. The fraction of sp³-hybridized carbons (Fsp3) is 0.143. The van der Waals surface area contributed by atoms with E-state index in [9.17, 15) is 0 Å². The van der Waals surface area contributed by atoms with Gasteiger partial charge in [-0.3, -0.25) is 0 Å². The Hall–Kier alpha value is -1.32. The Morgan fingerprint density at radius 2 is 1.29 bits per heavy atom. The van der Waals surface area contributed by atoms with Gasteiger partial charge in [0, 0.05) is 17.6 Å². The van der Waals surface area contributed by atoms with Crippen LogP contribution in [0.4, 0.5) is 0 Å². The summed E-state index contributed by atoms with van der Waals surface area (Å²) in [6.07, 6.45) is 0. The van der Waals surface area contributed by atoms with Crippen molar-refractivity contribution in [3.63, 3.8) is 0 Å². The summed E-state index contributed by atoms with van der Waals surface area (Å²) < 4.78 is 1.10. The maximum atomic E-state index is 9.16. The van der Waals surface area contributed by atoms with Crippen LogP contribution in [0.1, 0.15) is 11.1 Å². The van der Waals surface area contributed by atoms with E-state index in [4.69, 9.17) is 5.11 Å². The van der Waals surface area contributed by atoms with Crippen molar-refractivity contribution in [1.29, 1.82) is 0 Å². The normalized spacial score (nSPS) is 10.4. The molecule has 0 amide bonds. The zero-order chi connectivity index (χ0) is 12.1. The van der Waals surface area contributed by atoms with Crippen LogP contribution in [0.2, 0.25) is 0 Å². The van der Waals surface area contributed by atoms with E-state index >= 15 is 0 Å². The van der Waals surface area contributed by atoms with Crippen LogP contribution in [0, 0.1) is 0 Å². The molecule has 0 radical (unpaired) electrons. The zero-order valence-electron chi connectivity index (χ0n) is 9.36. The number of aromatic hydroxyl groups is 1. The van der Waals surface area contributed by atoms with E-state index in [1.807, 2.05) is 24.3 Å². The minimum atomic E-state index is 0.307. The van der Waals surface area contributed by atoms with E-state index in [0.29, 0.717) is 5.75 Å². The molecule has 3 heteroatoms. The molecule has 0 aliphatic carbocycles. The lowest BCUT2D eigenvalue weighted by molar-refractivity contribution is 0.475. The van der Waals surface area contributed by atoms with Crippen LogP contribution < -0.4 is 5.32 Å². The van der Waals surface area contributed by atoms with E-state index in [1.54, 1.807) is 12.1 Å². The van der Waals surface area contributed by atoms with Crippen LogP contribution >= 0.6 is 15.9 Å². The molecule has 0 bridgehead atoms. The predicted molar refractivity (Wildman–Crippen MR) is 72.8 cm³/mol. The summed E-state index contributed by atoms with van der Waals surface area (Å²) in [7, 11) is 0. The van der Waals surface area contributed by atoms with Gasteiger partial charge in [-0.25, -0.2) is 0 Å². The molecule has 2 N–H and O–H groups in total. The first kappa shape index (κ1) is 12.1. The summed E-state index contributed by atoms with van der Waals surface area (Å²) in [6.45, 7) is 1.64. The van der Waals surface area contributed by atoms with Crippen molar-refractivity contribution in [3.8, 4) is 5.75 Å². The van der Waals surface area contributed by atoms with Gasteiger partial charge in [0.1, 0.15) is 5.75 Å². The van der Waals surface area contributed by atoms with Gasteiger partial charge in [0.05, 0.1) is 0 Å². The lowest BCUT2D eigenvalue weighted by atomic mass is 10.2. The Kier molecular flexibility index (Phi) is 4.18. The van der Waals surface area contributed by atoms with Gasteiger partial charge < -0.3 is 10.4 Å². The number of phenols is 1. The van der Waals surface area contributed by atoms with Gasteiger partial charge in [-0.2, -0.15) is 0 Å². The molecule has 2 nitrogen and oxygen atoms in total. The Morgan fingerprint density at radius 3 is 1.82 bits per heavy atom. The van der Waals surface area contributed by atoms with Crippen molar-refractivity contribution in [2.24, 2.45) is 0 Å². The Bertz CT molecular complexity index is 419. The van der Waals surface area contributed by atoms with Crippen molar-refractivity contribution >= 4 is 15.9 Å². The molecule has 0 saturated heterocycles. The van der Waals surface area contributed by atoms with E-state index in [-0.39, 0.29) is 0 Å². The quantitative estimate of drug-likeness (QED) is 0.904. The highest BCUT2D eigenvalue weighted by atomic mass is 79.9. The molecular formula is C14H14BrNO. The fourth-order valence-electron chi connectivity index (χ4n) is 1.57. The third-order valence-corrected chi connectivity index (χ3v) is 3.04. The molecule has 0 heterocycles. The minimum absolute atomic E-state index is 0.307. The molecule has 0 aromatic heterocycles. The third kappa shape index (κ3) is 3.88. The number of benzene rings is 2. The number of hydrogen-bond donors (Lipinski definition) is 2. The summed E-state index contributed by atoms with van der Waals surface area (Å²) in [4.78, 5) is 0. The highest BCUT2D eigenvalue weighted by Gasteiger charge is 1.95. The molecule has 17 heavy (non-hydrogen) atoms. The SMILES string of the molecule is Oc1ccc(CNCc2ccc(Br)cc2)cc1. The highest BCUT2D eigenvalue weighted by Crippen LogP contribution is 2.11. The number of hydrogen-bond acceptors (Lipinski definition) is 2. The van der Waals surface area contributed by atoms with Crippen molar-refractivity contribution < 1.29 is 5.11 Å². The van der Waals surface area contributed by atoms with Crippen LogP contribution in [0.3, 0.4) is 0 Å². The van der Waals surface area contributed by atoms with Crippen LogP contribution in [0.5, 0.6) is 5.75 Å². The lowest BCUT2D eigenvalue weighted by Gasteiger charge is -2.05. The summed E-state index contributed by atoms with van der Waals surface area (Å²) in [5, 5.41) is 12.5. The largest absolute Gasteiger partial charge is 0.508 e. The van der Waals surface area contributed by atoms with Gasteiger partial charge >= 0.3 is 0 Å². The number of halogens is 1. The zero-order valence-corrected chi connectivity index (χ0v) is 10.9. The van der Waals surface area contributed by atoms with Crippen LogP contribution in [0.25, 0.3) is 0 Å². The van der Waals surface area contributed by atoms with Gasteiger partial charge in [-0.1, -0.05) is 40.2 Å². The van der Waals surface area contributed by atoms with Crippen molar-refractivity contribution in [3.05, 3.63) is 64.1 Å². The molecule has 0 aliphatic heterocycles. The first-order valence-corrected chi connectivity index (χ1v) is 6.26. The molecule has 0 saturated carbocycles. The molecule has 2 rings (SSSR count). The summed E-state index contributed by atoms with van der Waals surface area (Å²) in [5.74, 6) is 0.307. The third-order valence-electron chi connectivity index (χ3n) is 2.51. The Labute approximate surface area is 109 Å². The molecule has 0 unspecified atom stereocenters. The molecule has 88 valence electrons. The predicted octanol–water partition coefficient (Wildman–Crippen LogP) is 3.44. The topological polar surface area (TPSA) is 32.3 Å². The highest BCUT2D eigenvalue weighted by molar-refractivity contribution is 9.10. The summed E-state index contributed by atoms with van der Waals surface area (Å²) in [6, 6.07) is 15.5. The first-order chi connectivity index (χ1) is 8.24. The molecular weight excluding hydrogens is 278 g/mol. The maximum absolute atomic E-state index is 9.16. The first-order valence-electron chi connectivity index (χ1n) is 5.47. The van der Waals surface area contributed by atoms with Crippen molar-refractivity contribution in [2.45, 2.75) is 13.1 Å². The molecule has 0 fully saturated rings. The van der Waals surface area contributed by atoms with Gasteiger partial charge in [-0.05, 0) is 35.4 Å². The Morgan fingerprint density at radius 1 is 0.824 bits per heavy atom. The molecule has 0 atom stereocenters. The second-order valence-electron chi connectivity index (χ2n) is 3.90. The number of nitrogens with one attached hydrogen (secondary N) is 1. The van der Waals surface area contributed by atoms with Gasteiger partial charge in [0.2, 0.25) is 0 Å². The molecule has 2 aromatic carbocycles. The standard InChI is InChI=1S/C14H14BrNO/c15-13-5-1-11(2-6-13)9-16-10-12-3-7-14(17)8-4-12/h1-8,16-17H,9-10H2. The van der Waals surface area contributed by atoms with Gasteiger partial charge in [0.25, 0.3) is 0 Å². The smallest absolute Gasteiger partial charge is 0.115 e. The average molecular weight is 292 g/mol. The molecule has 0 spiro atoms. The molecule has 0 aliphatic rings. The second-order valence-corrected chi connectivity index (χ2v) is 4.81. The van der Waals surface area contributed by atoms with E-state index < -0.39 is 0 Å². The number of rotatable bonds is 4. The average Bonchev–Trinajstić information content (AvgIpc) is 2.34. The van der Waals surface area contributed by atoms with Gasteiger partial charge in [0.15, 0.2) is 0 Å². The van der Waals surface area contributed by atoms with Crippen molar-refractivity contribution in [1.82, 2.24) is 5.32 Å². The number of phenolic OH excluding ortho intramolecular Hbond substituents is 1. The lowest BCUT2D eigenvalue weighted by Crippen LogP contribution is -2.12. The molecule has 2 aromatic rings. The van der Waals surface area contributed by atoms with Crippen LogP contribution in [-0.2, 0) is 13.1 Å². The van der Waals surface area contributed by atoms with E-state index in [1.165, 1.54) is 11.1 Å². The van der Waals surface area contributed by atoms with Gasteiger partial charge in [-0.15, -0.1) is 0 Å². The second kappa shape index (κ2) is 5.84. The Balaban J connectivity index is 1.83. The van der Waals surface area contributed by atoms with E-state index in [0.717, 1.165) is 17.6 Å². The van der Waals surface area contributed by atoms with E-state index in [2.05, 4.69) is 33.4 Å². The minimum Gasteiger partial charge on any atom is -0.508 e. The summed E-state index contributed by atoms with van der Waals surface area (Å²) >= 11 is 3.41. The van der Waals surface area contributed by atoms with Crippen LogP contribution in [0.15, 0.2) is 53.0 Å². The summed E-state index contributed by atoms with van der Waals surface area (Å²) in [5.41, 5.74) is 2.42.